The Bertz CT molecular complexity index is 317. The van der Waals surface area contributed by atoms with Gasteiger partial charge in [-0.1, -0.05) is 30.3 Å². The van der Waals surface area contributed by atoms with Gasteiger partial charge in [-0.2, -0.15) is 0 Å². The smallest absolute Gasteiger partial charge is 0.250 e. The molecule has 0 aliphatic carbocycles. The van der Waals surface area contributed by atoms with Crippen molar-refractivity contribution in [2.24, 2.45) is 0 Å². The van der Waals surface area contributed by atoms with E-state index in [4.69, 9.17) is 0 Å². The Kier molecular flexibility index (Phi) is 3.20. The van der Waals surface area contributed by atoms with E-state index in [1.165, 1.54) is 6.92 Å². The van der Waals surface area contributed by atoms with Crippen molar-refractivity contribution in [3.05, 3.63) is 41.5 Å². The first-order chi connectivity index (χ1) is 6.24. The molecule has 0 aliphatic heterocycles. The minimum Gasteiger partial charge on any atom is -0.250 e. The van der Waals surface area contributed by atoms with E-state index in [1.807, 2.05) is 30.3 Å². The van der Waals surface area contributed by atoms with E-state index in [-0.39, 0.29) is 5.57 Å². The van der Waals surface area contributed by atoms with Gasteiger partial charge in [0.1, 0.15) is 0 Å². The fourth-order valence-corrected chi connectivity index (χ4v) is 0.919. The van der Waals surface area contributed by atoms with Gasteiger partial charge in [0, 0.05) is 10.1 Å². The maximum atomic E-state index is 11.4. The van der Waals surface area contributed by atoms with Crippen molar-refractivity contribution in [3.8, 4) is 0 Å². The number of hydrogen-bond acceptors (Lipinski definition) is 2. The molecule has 1 aromatic carbocycles. The van der Waals surface area contributed by atoms with Crippen LogP contribution in [-0.4, -0.2) is 5.97 Å². The van der Waals surface area contributed by atoms with Crippen LogP contribution in [0, 0.1) is 0 Å². The summed E-state index contributed by atoms with van der Waals surface area (Å²) >= 11 is 0. The van der Waals surface area contributed by atoms with Gasteiger partial charge >= 0.3 is 5.97 Å². The normalized spacial score (nSPS) is 11.1. The fourth-order valence-electron chi connectivity index (χ4n) is 0.919. The monoisotopic (exact) mass is 180 g/mol. The first kappa shape index (κ1) is 9.45. The maximum absolute atomic E-state index is 11.4. The van der Waals surface area contributed by atoms with Gasteiger partial charge in [0.15, 0.2) is 0 Å². The zero-order valence-corrected chi connectivity index (χ0v) is 7.16. The highest BCUT2D eigenvalue weighted by atomic mass is 19.3. The lowest BCUT2D eigenvalue weighted by atomic mass is 10.1. The Hall–Kier alpha value is -1.64. The number of halogens is 1. The molecule has 13 heavy (non-hydrogen) atoms. The molecule has 2 nitrogen and oxygen atoms in total. The Morgan fingerprint density at radius 2 is 2.00 bits per heavy atom. The summed E-state index contributed by atoms with van der Waals surface area (Å²) in [4.78, 5) is 13.7. The predicted octanol–water partition coefficient (Wildman–Crippen LogP) is 2.52. The molecule has 68 valence electrons. The van der Waals surface area contributed by atoms with Gasteiger partial charge in [-0.3, -0.25) is 0 Å². The summed E-state index contributed by atoms with van der Waals surface area (Å²) in [6.07, 6.45) is 1.56. The zero-order chi connectivity index (χ0) is 9.68. The lowest BCUT2D eigenvalue weighted by Crippen LogP contribution is -1.98. The molecule has 0 amide bonds. The van der Waals surface area contributed by atoms with Crippen molar-refractivity contribution < 1.29 is 14.3 Å². The number of benzene rings is 1. The lowest BCUT2D eigenvalue weighted by Gasteiger charge is -1.95. The van der Waals surface area contributed by atoms with Gasteiger partial charge in [-0.25, -0.2) is 9.74 Å². The third kappa shape index (κ3) is 2.71. The summed E-state index contributed by atoms with van der Waals surface area (Å²) in [7, 11) is 0. The first-order valence-corrected chi connectivity index (χ1v) is 3.80. The quantitative estimate of drug-likeness (QED) is 0.653. The number of carbonyl (C=O) groups excluding carboxylic acids is 1. The molecule has 0 saturated carbocycles. The molecule has 3 heteroatoms. The second-order valence-corrected chi connectivity index (χ2v) is 2.60. The molecule has 0 N–H and O–H groups in total. The molecular weight excluding hydrogens is 171 g/mol. The molecule has 0 saturated heterocycles. The molecule has 0 radical (unpaired) electrons. The number of hydrogen-bond donors (Lipinski definition) is 0. The van der Waals surface area contributed by atoms with Gasteiger partial charge in [0.2, 0.25) is 0 Å². The van der Waals surface area contributed by atoms with Gasteiger partial charge in [-0.05, 0) is 18.6 Å². The van der Waals surface area contributed by atoms with Crippen LogP contribution >= 0.6 is 0 Å². The van der Waals surface area contributed by atoms with E-state index in [9.17, 15) is 9.32 Å². The Labute approximate surface area is 75.5 Å². The summed E-state index contributed by atoms with van der Waals surface area (Å²) in [5.41, 5.74) is 1.07. The highest BCUT2D eigenvalue weighted by Crippen LogP contribution is 2.07. The molecule has 0 unspecified atom stereocenters. The van der Waals surface area contributed by atoms with Crippen LogP contribution in [0.1, 0.15) is 12.5 Å². The average molecular weight is 180 g/mol. The van der Waals surface area contributed by atoms with E-state index < -0.39 is 5.97 Å². The van der Waals surface area contributed by atoms with Crippen LogP contribution in [0.3, 0.4) is 0 Å². The molecule has 0 fully saturated rings. The highest BCUT2D eigenvalue weighted by Gasteiger charge is 2.04. The van der Waals surface area contributed by atoms with E-state index in [1.54, 1.807) is 6.08 Å². The minimum atomic E-state index is -0.955. The SMILES string of the molecule is CC(=Cc1ccccc1)C(=O)OF. The second kappa shape index (κ2) is 4.40. The van der Waals surface area contributed by atoms with Gasteiger partial charge < -0.3 is 0 Å². The molecule has 1 aromatic rings. The van der Waals surface area contributed by atoms with Crippen LogP contribution in [0.25, 0.3) is 6.08 Å². The Morgan fingerprint density at radius 3 is 2.54 bits per heavy atom. The topological polar surface area (TPSA) is 26.3 Å². The molecule has 0 heterocycles. The van der Waals surface area contributed by atoms with Crippen molar-refractivity contribution in [3.63, 3.8) is 0 Å². The summed E-state index contributed by atoms with van der Waals surface area (Å²) in [6, 6.07) is 9.16. The van der Waals surface area contributed by atoms with E-state index in [2.05, 4.69) is 4.94 Å². The first-order valence-electron chi connectivity index (χ1n) is 3.80. The molecule has 0 spiro atoms. The second-order valence-electron chi connectivity index (χ2n) is 2.60. The zero-order valence-electron chi connectivity index (χ0n) is 7.16. The molecule has 0 aromatic heterocycles. The Morgan fingerprint density at radius 1 is 1.38 bits per heavy atom. The summed E-state index contributed by atoms with van der Waals surface area (Å²) in [5, 5.41) is 0. The van der Waals surface area contributed by atoms with Gasteiger partial charge in [-0.15, -0.1) is 0 Å². The van der Waals surface area contributed by atoms with Crippen LogP contribution in [0.5, 0.6) is 0 Å². The van der Waals surface area contributed by atoms with E-state index >= 15 is 0 Å². The number of carbonyl (C=O) groups is 1. The van der Waals surface area contributed by atoms with Crippen molar-refractivity contribution in [1.29, 1.82) is 0 Å². The van der Waals surface area contributed by atoms with Crippen molar-refractivity contribution in [2.75, 3.05) is 0 Å². The van der Waals surface area contributed by atoms with Crippen molar-refractivity contribution in [2.45, 2.75) is 6.92 Å². The van der Waals surface area contributed by atoms with Gasteiger partial charge in [0.05, 0.1) is 0 Å². The summed E-state index contributed by atoms with van der Waals surface area (Å²) in [5.74, 6) is -0.955. The Balaban J connectivity index is 2.83. The van der Waals surface area contributed by atoms with E-state index in [0.717, 1.165) is 5.56 Å². The van der Waals surface area contributed by atoms with E-state index in [0.29, 0.717) is 0 Å². The fraction of sp³-hybridized carbons (Fsp3) is 0.100. The minimum absolute atomic E-state index is 0.230. The number of rotatable bonds is 2. The maximum Gasteiger partial charge on any atom is 0.375 e. The molecule has 0 bridgehead atoms. The molecular formula is C10H9FO2. The van der Waals surface area contributed by atoms with Crippen LogP contribution in [0.4, 0.5) is 4.53 Å². The van der Waals surface area contributed by atoms with Crippen LogP contribution < -0.4 is 0 Å². The largest absolute Gasteiger partial charge is 0.375 e. The highest BCUT2D eigenvalue weighted by molar-refractivity contribution is 5.92. The standard InChI is InChI=1S/C10H9FO2/c1-8(10(12)13-11)7-9-5-3-2-4-6-9/h2-7H,1H3. The lowest BCUT2D eigenvalue weighted by molar-refractivity contribution is -0.178. The van der Waals surface area contributed by atoms with Crippen LogP contribution in [0.2, 0.25) is 0 Å². The molecule has 1 rings (SSSR count). The third-order valence-electron chi connectivity index (χ3n) is 1.57. The van der Waals surface area contributed by atoms with Crippen molar-refractivity contribution >= 4 is 12.0 Å². The third-order valence-corrected chi connectivity index (χ3v) is 1.57. The summed E-state index contributed by atoms with van der Waals surface area (Å²) in [6.45, 7) is 1.49. The van der Waals surface area contributed by atoms with Crippen LogP contribution in [-0.2, 0) is 9.74 Å². The van der Waals surface area contributed by atoms with Crippen molar-refractivity contribution in [1.82, 2.24) is 0 Å². The van der Waals surface area contributed by atoms with Gasteiger partial charge in [0.25, 0.3) is 0 Å². The molecule has 0 atom stereocenters. The summed E-state index contributed by atoms with van der Waals surface area (Å²) < 4.78 is 11.4. The predicted molar refractivity (Wildman–Crippen MR) is 47.3 cm³/mol. The average Bonchev–Trinajstić information content (AvgIpc) is 2.18. The molecule has 0 aliphatic rings. The van der Waals surface area contributed by atoms with Crippen LogP contribution in [0.15, 0.2) is 35.9 Å².